The molecule has 8 atom stereocenters. The highest BCUT2D eigenvalue weighted by Crippen LogP contribution is 2.67. The number of allylic oxidation sites excluding steroid dienone is 1. The maximum absolute atomic E-state index is 11.8. The van der Waals surface area contributed by atoms with Crippen LogP contribution in [0.25, 0.3) is 0 Å². The summed E-state index contributed by atoms with van der Waals surface area (Å²) in [6.45, 7) is 7.80. The van der Waals surface area contributed by atoms with Gasteiger partial charge in [-0.1, -0.05) is 31.9 Å². The van der Waals surface area contributed by atoms with Gasteiger partial charge in [-0.05, 0) is 62.2 Å². The van der Waals surface area contributed by atoms with Crippen molar-refractivity contribution in [3.05, 3.63) is 11.6 Å². The largest absolute Gasteiger partial charge is 0.462 e. The van der Waals surface area contributed by atoms with Gasteiger partial charge in [-0.3, -0.25) is 9.59 Å². The summed E-state index contributed by atoms with van der Waals surface area (Å²) in [5, 5.41) is 10.7. The van der Waals surface area contributed by atoms with E-state index in [2.05, 4.69) is 19.9 Å². The Morgan fingerprint density at radius 1 is 1.17 bits per heavy atom. The van der Waals surface area contributed by atoms with Crippen molar-refractivity contribution in [1.29, 1.82) is 0 Å². The molecule has 0 saturated heterocycles. The highest BCUT2D eigenvalue weighted by Gasteiger charge is 2.63. The molecular weight excluding hydrogens is 380 g/mol. The molecule has 0 spiro atoms. The van der Waals surface area contributed by atoms with Crippen molar-refractivity contribution < 1.29 is 24.2 Å². The number of aliphatic hydroxyl groups excluding tert-OH is 1. The Kier molecular flexibility index (Phi) is 5.80. The number of rotatable bonds is 4. The summed E-state index contributed by atoms with van der Waals surface area (Å²) < 4.78 is 11.4. The standard InChI is InChI=1S/C25H38O5/c1-5-17-12-22(30-16(3)28)24(4)10-9-21-20(23(17)24)7-6-18-13-19(29-15(2)27)8-11-25(18,21)14-26/h6,17,19-23,26H,5,7-14H2,1-4H3/t17?,19?,20-,21-,22?,23+,24-,25-/m1/s1. The zero-order chi connectivity index (χ0) is 21.7. The molecule has 3 fully saturated rings. The van der Waals surface area contributed by atoms with Crippen molar-refractivity contribution in [2.75, 3.05) is 6.61 Å². The number of hydrogen-bond donors (Lipinski definition) is 1. The SMILES string of the molecule is CCC1CC(OC(C)=O)[C@@]2(C)CC[C@@H]3[C@@H](CC=C4CC(OC(C)=O)CC[C@@]43CO)[C@H]12. The third-order valence-electron chi connectivity index (χ3n) is 9.29. The second-order valence-electron chi connectivity index (χ2n) is 10.6. The van der Waals surface area contributed by atoms with E-state index < -0.39 is 0 Å². The summed E-state index contributed by atoms with van der Waals surface area (Å²) in [4.78, 5) is 23.2. The summed E-state index contributed by atoms with van der Waals surface area (Å²) in [5.74, 6) is 1.69. The van der Waals surface area contributed by atoms with Crippen molar-refractivity contribution in [3.8, 4) is 0 Å². The van der Waals surface area contributed by atoms with E-state index in [9.17, 15) is 14.7 Å². The van der Waals surface area contributed by atoms with Crippen LogP contribution in [0.2, 0.25) is 0 Å². The van der Waals surface area contributed by atoms with Crippen LogP contribution in [-0.4, -0.2) is 35.9 Å². The number of ether oxygens (including phenoxy) is 2. The van der Waals surface area contributed by atoms with Crippen molar-refractivity contribution in [1.82, 2.24) is 0 Å². The lowest BCUT2D eigenvalue weighted by molar-refractivity contribution is -0.158. The van der Waals surface area contributed by atoms with E-state index in [1.807, 2.05) is 0 Å². The van der Waals surface area contributed by atoms with E-state index in [0.29, 0.717) is 23.7 Å². The van der Waals surface area contributed by atoms with Crippen LogP contribution in [-0.2, 0) is 19.1 Å². The van der Waals surface area contributed by atoms with Gasteiger partial charge in [-0.2, -0.15) is 0 Å². The molecule has 3 unspecified atom stereocenters. The van der Waals surface area contributed by atoms with Crippen LogP contribution in [0.5, 0.6) is 0 Å². The van der Waals surface area contributed by atoms with E-state index in [4.69, 9.17) is 9.47 Å². The molecule has 4 rings (SSSR count). The molecule has 3 saturated carbocycles. The number of aliphatic hydroxyl groups is 1. The van der Waals surface area contributed by atoms with E-state index in [-0.39, 0.29) is 41.6 Å². The summed E-state index contributed by atoms with van der Waals surface area (Å²) in [5.41, 5.74) is 1.18. The average Bonchev–Trinajstić information content (AvgIpc) is 2.98. The molecule has 0 aromatic carbocycles. The Labute approximate surface area is 180 Å². The van der Waals surface area contributed by atoms with Crippen molar-refractivity contribution >= 4 is 11.9 Å². The number of fused-ring (bicyclic) bond motifs is 5. The molecule has 0 bridgehead atoms. The molecule has 0 amide bonds. The lowest BCUT2D eigenvalue weighted by Crippen LogP contribution is -2.54. The Balaban J connectivity index is 1.64. The molecule has 0 aromatic heterocycles. The minimum Gasteiger partial charge on any atom is -0.462 e. The fourth-order valence-corrected chi connectivity index (χ4v) is 8.09. The molecule has 5 nitrogen and oxygen atoms in total. The van der Waals surface area contributed by atoms with E-state index in [1.165, 1.54) is 19.4 Å². The molecule has 4 aliphatic carbocycles. The van der Waals surface area contributed by atoms with Crippen LogP contribution < -0.4 is 0 Å². The van der Waals surface area contributed by atoms with Crippen LogP contribution in [0.3, 0.4) is 0 Å². The van der Waals surface area contributed by atoms with Gasteiger partial charge in [0, 0.05) is 31.1 Å². The van der Waals surface area contributed by atoms with Crippen LogP contribution in [0, 0.1) is 34.5 Å². The highest BCUT2D eigenvalue weighted by molar-refractivity contribution is 5.66. The number of carbonyl (C=O) groups excluding carboxylic acids is 2. The van der Waals surface area contributed by atoms with Gasteiger partial charge in [0.1, 0.15) is 12.2 Å². The minimum absolute atomic E-state index is 0.0149. The van der Waals surface area contributed by atoms with Gasteiger partial charge >= 0.3 is 11.9 Å². The van der Waals surface area contributed by atoms with Gasteiger partial charge in [-0.15, -0.1) is 0 Å². The third-order valence-corrected chi connectivity index (χ3v) is 9.29. The topological polar surface area (TPSA) is 72.8 Å². The fraction of sp³-hybridized carbons (Fsp3) is 0.840. The van der Waals surface area contributed by atoms with Gasteiger partial charge in [-0.25, -0.2) is 0 Å². The number of hydrogen-bond acceptors (Lipinski definition) is 5. The highest BCUT2D eigenvalue weighted by atomic mass is 16.5. The second-order valence-corrected chi connectivity index (χ2v) is 10.6. The van der Waals surface area contributed by atoms with Gasteiger partial charge in [0.2, 0.25) is 0 Å². The van der Waals surface area contributed by atoms with E-state index in [0.717, 1.165) is 51.4 Å². The Bertz CT molecular complexity index is 729. The maximum Gasteiger partial charge on any atom is 0.302 e. The minimum atomic E-state index is -0.215. The first kappa shape index (κ1) is 21.9. The van der Waals surface area contributed by atoms with Crippen LogP contribution in [0.4, 0.5) is 0 Å². The molecule has 0 heterocycles. The van der Waals surface area contributed by atoms with Gasteiger partial charge in [0.15, 0.2) is 0 Å². The lowest BCUT2D eigenvalue weighted by Gasteiger charge is -2.59. The molecule has 1 N–H and O–H groups in total. The summed E-state index contributed by atoms with van der Waals surface area (Å²) in [6.07, 6.45) is 10.0. The summed E-state index contributed by atoms with van der Waals surface area (Å²) in [6, 6.07) is 0. The first-order valence-electron chi connectivity index (χ1n) is 11.9. The Morgan fingerprint density at radius 2 is 1.90 bits per heavy atom. The molecule has 5 heteroatoms. The molecule has 0 aliphatic heterocycles. The first-order chi connectivity index (χ1) is 14.2. The number of carbonyl (C=O) groups is 2. The number of esters is 2. The van der Waals surface area contributed by atoms with Gasteiger partial charge in [0.25, 0.3) is 0 Å². The van der Waals surface area contributed by atoms with Crippen molar-refractivity contribution in [2.45, 2.75) is 91.3 Å². The predicted octanol–water partition coefficient (Wildman–Crippen LogP) is 4.42. The molecule has 168 valence electrons. The molecule has 0 aromatic rings. The Hall–Kier alpha value is -1.36. The van der Waals surface area contributed by atoms with Gasteiger partial charge in [0.05, 0.1) is 6.61 Å². The first-order valence-corrected chi connectivity index (χ1v) is 11.9. The third kappa shape index (κ3) is 3.32. The lowest BCUT2D eigenvalue weighted by atomic mass is 9.46. The van der Waals surface area contributed by atoms with Crippen molar-refractivity contribution in [3.63, 3.8) is 0 Å². The van der Waals surface area contributed by atoms with E-state index >= 15 is 0 Å². The van der Waals surface area contributed by atoms with Crippen LogP contribution in [0.1, 0.15) is 79.1 Å². The van der Waals surface area contributed by atoms with E-state index in [1.54, 1.807) is 0 Å². The van der Waals surface area contributed by atoms with Crippen molar-refractivity contribution in [2.24, 2.45) is 34.5 Å². The molecule has 30 heavy (non-hydrogen) atoms. The predicted molar refractivity (Wildman–Crippen MR) is 113 cm³/mol. The monoisotopic (exact) mass is 418 g/mol. The zero-order valence-corrected chi connectivity index (χ0v) is 19.0. The molecule has 4 aliphatic rings. The summed E-state index contributed by atoms with van der Waals surface area (Å²) in [7, 11) is 0. The smallest absolute Gasteiger partial charge is 0.302 e. The average molecular weight is 419 g/mol. The Morgan fingerprint density at radius 3 is 2.53 bits per heavy atom. The van der Waals surface area contributed by atoms with Crippen LogP contribution in [0.15, 0.2) is 11.6 Å². The second kappa shape index (κ2) is 7.96. The molecule has 0 radical (unpaired) electrons. The molecular formula is C25H38O5. The maximum atomic E-state index is 11.8. The quantitative estimate of drug-likeness (QED) is 0.540. The van der Waals surface area contributed by atoms with Gasteiger partial charge < -0.3 is 14.6 Å². The normalized spacial score (nSPS) is 44.9. The fourth-order valence-electron chi connectivity index (χ4n) is 8.09. The van der Waals surface area contributed by atoms with Crippen LogP contribution >= 0.6 is 0 Å². The zero-order valence-electron chi connectivity index (χ0n) is 19.0. The summed E-state index contributed by atoms with van der Waals surface area (Å²) >= 11 is 0.